The first-order valence-electron chi connectivity index (χ1n) is 8.63. The van der Waals surface area contributed by atoms with Gasteiger partial charge in [-0.25, -0.2) is 4.39 Å². The van der Waals surface area contributed by atoms with Crippen molar-refractivity contribution in [3.8, 4) is 11.3 Å². The first-order valence-corrected chi connectivity index (χ1v) is 9.45. The zero-order valence-electron chi connectivity index (χ0n) is 15.3. The average molecular weight is 392 g/mol. The molecule has 0 atom stereocenters. The molecule has 0 radical (unpaired) electrons. The van der Waals surface area contributed by atoms with E-state index < -0.39 is 0 Å². The number of aromatic amines is 1. The molecule has 1 aliphatic rings. The molecule has 7 heteroatoms. The topological polar surface area (TPSA) is 72.8 Å². The minimum atomic E-state index is -0.317. The molecule has 0 saturated carbocycles. The Balaban J connectivity index is 1.68. The van der Waals surface area contributed by atoms with E-state index in [-0.39, 0.29) is 16.9 Å². The van der Waals surface area contributed by atoms with Crippen molar-refractivity contribution in [1.29, 1.82) is 5.41 Å². The number of carbonyl (C=O) groups is 1. The Morgan fingerprint density at radius 3 is 2.61 bits per heavy atom. The van der Waals surface area contributed by atoms with Gasteiger partial charge in [-0.05, 0) is 79.2 Å². The second-order valence-electron chi connectivity index (χ2n) is 6.53. The number of halogens is 1. The summed E-state index contributed by atoms with van der Waals surface area (Å²) in [6, 6.07) is 11.8. The second-order valence-corrected chi connectivity index (χ2v) is 7.56. The van der Waals surface area contributed by atoms with Crippen LogP contribution < -0.4 is 4.90 Å². The number of amides is 1. The predicted molar refractivity (Wildman–Crippen MR) is 111 cm³/mol. The summed E-state index contributed by atoms with van der Waals surface area (Å²) in [7, 11) is 0. The Hall–Kier alpha value is -3.19. The summed E-state index contributed by atoms with van der Waals surface area (Å²) in [6.07, 6.45) is 3.33. The van der Waals surface area contributed by atoms with Crippen LogP contribution in [0.1, 0.15) is 16.7 Å². The van der Waals surface area contributed by atoms with Crippen molar-refractivity contribution in [3.05, 3.63) is 76.1 Å². The summed E-state index contributed by atoms with van der Waals surface area (Å²) in [5.74, 6) is -0.563. The summed E-state index contributed by atoms with van der Waals surface area (Å²) in [5, 5.41) is 15.4. The largest absolute Gasteiger partial charge is 0.278 e. The van der Waals surface area contributed by atoms with E-state index in [4.69, 9.17) is 5.41 Å². The van der Waals surface area contributed by atoms with E-state index in [1.54, 1.807) is 24.4 Å². The van der Waals surface area contributed by atoms with Gasteiger partial charge in [-0.1, -0.05) is 6.07 Å². The van der Waals surface area contributed by atoms with E-state index in [1.807, 2.05) is 32.0 Å². The molecule has 1 aliphatic heterocycles. The van der Waals surface area contributed by atoms with Crippen LogP contribution in [0.5, 0.6) is 0 Å². The van der Waals surface area contributed by atoms with Gasteiger partial charge in [0.25, 0.3) is 5.91 Å². The van der Waals surface area contributed by atoms with Crippen LogP contribution in [0, 0.1) is 25.1 Å². The van der Waals surface area contributed by atoms with E-state index in [1.165, 1.54) is 17.0 Å². The first-order chi connectivity index (χ1) is 13.4. The molecule has 0 bridgehead atoms. The van der Waals surface area contributed by atoms with Crippen LogP contribution in [-0.4, -0.2) is 21.3 Å². The zero-order chi connectivity index (χ0) is 19.8. The summed E-state index contributed by atoms with van der Waals surface area (Å²) in [6.45, 7) is 3.99. The lowest BCUT2D eigenvalue weighted by Crippen LogP contribution is -2.28. The quantitative estimate of drug-likeness (QED) is 0.624. The molecular weight excluding hydrogens is 375 g/mol. The molecule has 1 saturated heterocycles. The van der Waals surface area contributed by atoms with Gasteiger partial charge in [-0.2, -0.15) is 5.10 Å². The third kappa shape index (κ3) is 3.25. The number of nitrogens with one attached hydrogen (secondary N) is 2. The van der Waals surface area contributed by atoms with Crippen molar-refractivity contribution in [3.63, 3.8) is 0 Å². The molecule has 1 fully saturated rings. The normalized spacial score (nSPS) is 15.7. The number of hydrogen-bond donors (Lipinski definition) is 2. The lowest BCUT2D eigenvalue weighted by molar-refractivity contribution is -0.113. The number of aryl methyl sites for hydroxylation is 2. The number of H-pyrrole nitrogens is 1. The zero-order valence-corrected chi connectivity index (χ0v) is 16.1. The van der Waals surface area contributed by atoms with Gasteiger partial charge in [0.15, 0.2) is 5.17 Å². The van der Waals surface area contributed by atoms with Crippen molar-refractivity contribution < 1.29 is 9.18 Å². The minimum Gasteiger partial charge on any atom is -0.278 e. The van der Waals surface area contributed by atoms with Gasteiger partial charge >= 0.3 is 0 Å². The molecule has 1 aromatic heterocycles. The van der Waals surface area contributed by atoms with Crippen molar-refractivity contribution >= 4 is 34.6 Å². The molecule has 4 rings (SSSR count). The number of benzene rings is 2. The van der Waals surface area contributed by atoms with Gasteiger partial charge in [0, 0.05) is 11.1 Å². The molecule has 2 heterocycles. The number of anilines is 1. The Morgan fingerprint density at radius 1 is 1.14 bits per heavy atom. The van der Waals surface area contributed by atoms with Gasteiger partial charge in [-0.15, -0.1) is 0 Å². The van der Waals surface area contributed by atoms with Gasteiger partial charge in [-0.3, -0.25) is 20.2 Å². The van der Waals surface area contributed by atoms with Gasteiger partial charge in [0.05, 0.1) is 22.5 Å². The van der Waals surface area contributed by atoms with E-state index >= 15 is 0 Å². The van der Waals surface area contributed by atoms with Crippen LogP contribution in [0.3, 0.4) is 0 Å². The van der Waals surface area contributed by atoms with E-state index in [2.05, 4.69) is 10.2 Å². The van der Waals surface area contributed by atoms with E-state index in [0.29, 0.717) is 21.8 Å². The van der Waals surface area contributed by atoms with Crippen LogP contribution in [-0.2, 0) is 4.79 Å². The molecule has 2 N–H and O–H groups in total. The Bertz CT molecular complexity index is 1120. The summed E-state index contributed by atoms with van der Waals surface area (Å²) in [5.41, 5.74) is 5.04. The number of thioether (sulfide) groups is 1. The Kier molecular flexibility index (Phi) is 4.60. The van der Waals surface area contributed by atoms with E-state index in [9.17, 15) is 9.18 Å². The maximum atomic E-state index is 13.2. The highest BCUT2D eigenvalue weighted by Gasteiger charge is 2.34. The van der Waals surface area contributed by atoms with Gasteiger partial charge in [0.2, 0.25) is 0 Å². The Morgan fingerprint density at radius 2 is 1.89 bits per heavy atom. The average Bonchev–Trinajstić information content (AvgIpc) is 3.23. The smallest absolute Gasteiger partial charge is 0.271 e. The molecule has 140 valence electrons. The van der Waals surface area contributed by atoms with Crippen LogP contribution in [0.4, 0.5) is 10.1 Å². The summed E-state index contributed by atoms with van der Waals surface area (Å²) >= 11 is 1.11. The van der Waals surface area contributed by atoms with Crippen molar-refractivity contribution in [2.24, 2.45) is 0 Å². The van der Waals surface area contributed by atoms with Crippen molar-refractivity contribution in [1.82, 2.24) is 10.2 Å². The molecule has 0 unspecified atom stereocenters. The lowest BCUT2D eigenvalue weighted by Gasteiger charge is -2.15. The molecule has 3 aromatic rings. The summed E-state index contributed by atoms with van der Waals surface area (Å²) in [4.78, 5) is 14.8. The highest BCUT2D eigenvalue weighted by molar-refractivity contribution is 8.19. The highest BCUT2D eigenvalue weighted by atomic mass is 32.2. The molecule has 0 spiro atoms. The monoisotopic (exact) mass is 392 g/mol. The Labute approximate surface area is 165 Å². The fourth-order valence-electron chi connectivity index (χ4n) is 2.98. The van der Waals surface area contributed by atoms with Crippen LogP contribution >= 0.6 is 11.8 Å². The van der Waals surface area contributed by atoms with Crippen molar-refractivity contribution in [2.75, 3.05) is 4.90 Å². The summed E-state index contributed by atoms with van der Waals surface area (Å²) < 4.78 is 13.2. The van der Waals surface area contributed by atoms with Crippen molar-refractivity contribution in [2.45, 2.75) is 13.8 Å². The molecule has 0 aliphatic carbocycles. The van der Waals surface area contributed by atoms with Crippen LogP contribution in [0.25, 0.3) is 17.3 Å². The van der Waals surface area contributed by atoms with Gasteiger partial charge in [0.1, 0.15) is 5.82 Å². The first kappa shape index (κ1) is 18.2. The predicted octanol–water partition coefficient (Wildman–Crippen LogP) is 4.89. The molecule has 28 heavy (non-hydrogen) atoms. The number of hydrogen-bond acceptors (Lipinski definition) is 4. The number of aromatic nitrogens is 2. The minimum absolute atomic E-state index is 0.159. The maximum Gasteiger partial charge on any atom is 0.271 e. The molecular formula is C21H17FN4OS. The highest BCUT2D eigenvalue weighted by Crippen LogP contribution is 2.36. The number of carbonyl (C=O) groups excluding carboxylic acids is 1. The fraction of sp³-hybridized carbons (Fsp3) is 0.0952. The number of nitrogens with zero attached hydrogens (tertiary/aromatic N) is 2. The van der Waals surface area contributed by atoms with Gasteiger partial charge < -0.3 is 0 Å². The third-order valence-electron chi connectivity index (χ3n) is 4.66. The second kappa shape index (κ2) is 7.09. The third-order valence-corrected chi connectivity index (χ3v) is 5.55. The molecule has 5 nitrogen and oxygen atoms in total. The fourth-order valence-corrected chi connectivity index (χ4v) is 3.83. The number of amidine groups is 1. The molecule has 2 aromatic carbocycles. The standard InChI is InChI=1S/C21H17FN4OS/c1-12-3-8-17(9-13(12)2)26-20(27)18(28-21(26)23)10-15-11-24-25-19(15)14-4-6-16(22)7-5-14/h3-11,23H,1-2H3,(H,24,25). The van der Waals surface area contributed by atoms with E-state index in [0.717, 1.165) is 28.5 Å². The lowest BCUT2D eigenvalue weighted by atomic mass is 10.1. The van der Waals surface area contributed by atoms with Crippen LogP contribution in [0.15, 0.2) is 53.6 Å². The SMILES string of the molecule is Cc1ccc(N2C(=N)SC(=Cc3cn[nH]c3-c3ccc(F)cc3)C2=O)cc1C. The van der Waals surface area contributed by atoms with Crippen LogP contribution in [0.2, 0.25) is 0 Å². The molecule has 1 amide bonds. The number of rotatable bonds is 3. The maximum absolute atomic E-state index is 13.2.